The van der Waals surface area contributed by atoms with E-state index in [9.17, 15) is 19.7 Å². The first kappa shape index (κ1) is 15.9. The van der Waals surface area contributed by atoms with E-state index in [4.69, 9.17) is 4.74 Å². The smallest absolute Gasteiger partial charge is 0.349 e. The first-order valence-electron chi connectivity index (χ1n) is 7.03. The van der Waals surface area contributed by atoms with Gasteiger partial charge in [-0.05, 0) is 19.1 Å². The molecule has 0 amide bonds. The standard InChI is InChI=1S/C16H12N2O5S/c1-9(23-16(20)13-6-7-14(24-13)18(21)22)15(19)11-8-17-12-5-3-2-4-10(11)12/h2-9,17H,1H3/t9-/m1/s1. The number of rotatable bonds is 5. The van der Waals surface area contributed by atoms with Gasteiger partial charge >= 0.3 is 11.0 Å². The van der Waals surface area contributed by atoms with Crippen molar-refractivity contribution in [1.82, 2.24) is 4.98 Å². The van der Waals surface area contributed by atoms with Crippen LogP contribution in [-0.2, 0) is 4.74 Å². The Labute approximate surface area is 140 Å². The van der Waals surface area contributed by atoms with Gasteiger partial charge in [-0.1, -0.05) is 29.5 Å². The van der Waals surface area contributed by atoms with Crippen molar-refractivity contribution in [3.8, 4) is 0 Å². The van der Waals surface area contributed by atoms with E-state index >= 15 is 0 Å². The van der Waals surface area contributed by atoms with Crippen LogP contribution in [0.25, 0.3) is 10.9 Å². The Hall–Kier alpha value is -3.00. The first-order chi connectivity index (χ1) is 11.5. The molecule has 0 aliphatic rings. The molecule has 0 spiro atoms. The van der Waals surface area contributed by atoms with Gasteiger partial charge in [-0.15, -0.1) is 0 Å². The van der Waals surface area contributed by atoms with Crippen molar-refractivity contribution in [1.29, 1.82) is 0 Å². The van der Waals surface area contributed by atoms with Gasteiger partial charge in [0.1, 0.15) is 4.88 Å². The second kappa shape index (κ2) is 6.25. The first-order valence-corrected chi connectivity index (χ1v) is 7.84. The van der Waals surface area contributed by atoms with E-state index in [-0.39, 0.29) is 15.7 Å². The van der Waals surface area contributed by atoms with Crippen LogP contribution in [0.4, 0.5) is 5.00 Å². The predicted octanol–water partition coefficient (Wildman–Crippen LogP) is 3.57. The number of nitrogens with one attached hydrogen (secondary N) is 1. The Morgan fingerprint density at radius 1 is 1.25 bits per heavy atom. The SMILES string of the molecule is C[C@@H](OC(=O)c1ccc([N+](=O)[O-])s1)C(=O)c1c[nH]c2ccccc12. The number of aromatic nitrogens is 1. The molecule has 0 saturated heterocycles. The monoisotopic (exact) mass is 344 g/mol. The summed E-state index contributed by atoms with van der Waals surface area (Å²) in [5, 5.41) is 11.2. The number of benzene rings is 1. The van der Waals surface area contributed by atoms with Gasteiger partial charge in [0.05, 0.1) is 4.92 Å². The van der Waals surface area contributed by atoms with E-state index in [1.807, 2.05) is 18.2 Å². The molecule has 0 saturated carbocycles. The highest BCUT2D eigenvalue weighted by Gasteiger charge is 2.24. The summed E-state index contributed by atoms with van der Waals surface area (Å²) in [7, 11) is 0. The Kier molecular flexibility index (Phi) is 4.13. The van der Waals surface area contributed by atoms with Gasteiger partial charge in [-0.3, -0.25) is 14.9 Å². The summed E-state index contributed by atoms with van der Waals surface area (Å²) in [4.78, 5) is 37.7. The fraction of sp³-hybridized carbons (Fsp3) is 0.125. The second-order valence-corrected chi connectivity index (χ2v) is 6.12. The van der Waals surface area contributed by atoms with Crippen molar-refractivity contribution in [2.45, 2.75) is 13.0 Å². The van der Waals surface area contributed by atoms with Gasteiger partial charge in [-0.25, -0.2) is 4.79 Å². The lowest BCUT2D eigenvalue weighted by Crippen LogP contribution is -2.23. The molecule has 24 heavy (non-hydrogen) atoms. The van der Waals surface area contributed by atoms with Crippen LogP contribution in [0.3, 0.4) is 0 Å². The number of carbonyl (C=O) groups excluding carboxylic acids is 2. The van der Waals surface area contributed by atoms with Gasteiger partial charge in [0.2, 0.25) is 5.78 Å². The van der Waals surface area contributed by atoms with E-state index < -0.39 is 17.0 Å². The zero-order chi connectivity index (χ0) is 17.3. The van der Waals surface area contributed by atoms with Crippen LogP contribution in [0.1, 0.15) is 27.0 Å². The van der Waals surface area contributed by atoms with Gasteiger partial charge in [-0.2, -0.15) is 0 Å². The summed E-state index contributed by atoms with van der Waals surface area (Å²) in [6.07, 6.45) is 0.575. The molecular formula is C16H12N2O5S. The average Bonchev–Trinajstić information content (AvgIpc) is 3.21. The molecule has 1 atom stereocenters. The second-order valence-electron chi connectivity index (χ2n) is 5.05. The normalized spacial score (nSPS) is 12.0. The van der Waals surface area contributed by atoms with E-state index in [0.29, 0.717) is 16.9 Å². The number of para-hydroxylation sites is 1. The Morgan fingerprint density at radius 2 is 2.00 bits per heavy atom. The summed E-state index contributed by atoms with van der Waals surface area (Å²) in [5.74, 6) is -1.10. The molecule has 7 nitrogen and oxygen atoms in total. The third-order valence-corrected chi connectivity index (χ3v) is 4.50. The number of H-pyrrole nitrogens is 1. The number of ketones is 1. The molecular weight excluding hydrogens is 332 g/mol. The molecule has 3 aromatic rings. The van der Waals surface area contributed by atoms with Crippen molar-refractivity contribution >= 4 is 39.0 Å². The van der Waals surface area contributed by atoms with Gasteiger partial charge in [0.25, 0.3) is 0 Å². The van der Waals surface area contributed by atoms with E-state index in [1.54, 1.807) is 12.3 Å². The maximum atomic E-state index is 12.5. The Bertz CT molecular complexity index is 943. The van der Waals surface area contributed by atoms with Crippen LogP contribution in [-0.4, -0.2) is 27.8 Å². The highest BCUT2D eigenvalue weighted by molar-refractivity contribution is 7.17. The largest absolute Gasteiger partial charge is 0.450 e. The molecule has 0 unspecified atom stereocenters. The molecule has 0 aliphatic carbocycles. The number of nitro groups is 1. The fourth-order valence-electron chi connectivity index (χ4n) is 2.30. The summed E-state index contributed by atoms with van der Waals surface area (Å²) >= 11 is 0.712. The van der Waals surface area contributed by atoms with Crippen molar-refractivity contribution in [2.75, 3.05) is 0 Å². The third kappa shape index (κ3) is 2.91. The van der Waals surface area contributed by atoms with Crippen molar-refractivity contribution in [2.24, 2.45) is 0 Å². The van der Waals surface area contributed by atoms with E-state index in [1.165, 1.54) is 19.1 Å². The number of hydrogen-bond acceptors (Lipinski definition) is 6. The number of aromatic amines is 1. The number of Topliss-reactive ketones (excluding diaryl/α,β-unsaturated/α-hetero) is 1. The zero-order valence-electron chi connectivity index (χ0n) is 12.5. The van der Waals surface area contributed by atoms with Gasteiger partial charge in [0, 0.05) is 28.7 Å². The molecule has 1 N–H and O–H groups in total. The fourth-order valence-corrected chi connectivity index (χ4v) is 3.01. The van der Waals surface area contributed by atoms with Crippen LogP contribution < -0.4 is 0 Å². The molecule has 0 radical (unpaired) electrons. The summed E-state index contributed by atoms with van der Waals surface area (Å²) in [6.45, 7) is 1.48. The number of nitrogens with zero attached hydrogens (tertiary/aromatic N) is 1. The van der Waals surface area contributed by atoms with E-state index in [2.05, 4.69) is 4.98 Å². The number of ether oxygens (including phenoxy) is 1. The topological polar surface area (TPSA) is 102 Å². The average molecular weight is 344 g/mol. The van der Waals surface area contributed by atoms with Crippen molar-refractivity contribution in [3.63, 3.8) is 0 Å². The van der Waals surface area contributed by atoms with Crippen LogP contribution in [0.2, 0.25) is 0 Å². The van der Waals surface area contributed by atoms with E-state index in [0.717, 1.165) is 10.9 Å². The number of esters is 1. The molecule has 1 aromatic carbocycles. The number of hydrogen-bond donors (Lipinski definition) is 1. The number of thiophene rings is 1. The molecule has 122 valence electrons. The van der Waals surface area contributed by atoms with Crippen molar-refractivity contribution in [3.05, 3.63) is 63.1 Å². The maximum absolute atomic E-state index is 12.5. The van der Waals surface area contributed by atoms with Crippen LogP contribution >= 0.6 is 11.3 Å². The summed E-state index contributed by atoms with van der Waals surface area (Å²) in [6, 6.07) is 9.85. The number of fused-ring (bicyclic) bond motifs is 1. The van der Waals surface area contributed by atoms with Crippen molar-refractivity contribution < 1.29 is 19.2 Å². The quantitative estimate of drug-likeness (QED) is 0.330. The van der Waals surface area contributed by atoms with Crippen LogP contribution in [0.5, 0.6) is 0 Å². The Morgan fingerprint density at radius 3 is 2.71 bits per heavy atom. The highest BCUT2D eigenvalue weighted by atomic mass is 32.1. The Balaban J connectivity index is 1.76. The molecule has 8 heteroatoms. The molecule has 3 rings (SSSR count). The molecule has 2 aromatic heterocycles. The molecule has 0 fully saturated rings. The predicted molar refractivity (Wildman–Crippen MR) is 88.5 cm³/mol. The van der Waals surface area contributed by atoms with Crippen LogP contribution in [0.15, 0.2) is 42.6 Å². The van der Waals surface area contributed by atoms with Gasteiger partial charge < -0.3 is 9.72 Å². The minimum atomic E-state index is -1.00. The minimum Gasteiger partial charge on any atom is -0.450 e. The minimum absolute atomic E-state index is 0.0836. The molecule has 2 heterocycles. The molecule has 0 aliphatic heterocycles. The lowest BCUT2D eigenvalue weighted by atomic mass is 10.1. The zero-order valence-corrected chi connectivity index (χ0v) is 13.3. The lowest BCUT2D eigenvalue weighted by molar-refractivity contribution is -0.380. The number of carbonyl (C=O) groups is 2. The van der Waals surface area contributed by atoms with Gasteiger partial charge in [0.15, 0.2) is 6.10 Å². The third-order valence-electron chi connectivity index (χ3n) is 3.48. The summed E-state index contributed by atoms with van der Waals surface area (Å²) < 4.78 is 5.15. The van der Waals surface area contributed by atoms with Crippen LogP contribution in [0, 0.1) is 10.1 Å². The highest BCUT2D eigenvalue weighted by Crippen LogP contribution is 2.25. The lowest BCUT2D eigenvalue weighted by Gasteiger charge is -2.10. The molecule has 0 bridgehead atoms. The maximum Gasteiger partial charge on any atom is 0.349 e. The summed E-state index contributed by atoms with van der Waals surface area (Å²) in [5.41, 5.74) is 1.25.